The average molecular weight is 217 g/mol. The molecule has 0 saturated carbocycles. The van der Waals surface area contributed by atoms with Gasteiger partial charge in [0.1, 0.15) is 0 Å². The third-order valence-electron chi connectivity index (χ3n) is 2.78. The summed E-state index contributed by atoms with van der Waals surface area (Å²) in [5.74, 6) is 0. The van der Waals surface area contributed by atoms with E-state index in [1.54, 1.807) is 0 Å². The summed E-state index contributed by atoms with van der Waals surface area (Å²) in [6, 6.07) is 8.78. The fourth-order valence-electron chi connectivity index (χ4n) is 2.07. The Morgan fingerprint density at radius 2 is 2.27 bits per heavy atom. The van der Waals surface area contributed by atoms with Crippen molar-refractivity contribution in [2.24, 2.45) is 0 Å². The van der Waals surface area contributed by atoms with Gasteiger partial charge in [-0.3, -0.25) is 0 Å². The van der Waals surface area contributed by atoms with E-state index >= 15 is 0 Å². The normalized spacial score (nSPS) is 19.9. The zero-order valence-corrected chi connectivity index (χ0v) is 9.00. The average Bonchev–Trinajstić information content (AvgIpc) is 2.82. The molecule has 3 nitrogen and oxygen atoms in total. The molecular weight excluding hydrogens is 206 g/mol. The minimum Gasteiger partial charge on any atom is -0.305 e. The van der Waals surface area contributed by atoms with Crippen molar-refractivity contribution in [3.05, 3.63) is 47.3 Å². The van der Waals surface area contributed by atoms with E-state index in [1.165, 1.54) is 22.9 Å². The predicted octanol–water partition coefficient (Wildman–Crippen LogP) is 1.77. The Morgan fingerprint density at radius 1 is 1.33 bits per heavy atom. The number of benzene rings is 1. The molecular formula is C11H11N3S. The maximum Gasteiger partial charge on any atom is 0.0957 e. The van der Waals surface area contributed by atoms with Crippen molar-refractivity contribution in [3.63, 3.8) is 0 Å². The fourth-order valence-corrected chi connectivity index (χ4v) is 2.52. The van der Waals surface area contributed by atoms with Crippen LogP contribution >= 0.6 is 11.7 Å². The first-order valence-corrected chi connectivity index (χ1v) is 5.77. The summed E-state index contributed by atoms with van der Waals surface area (Å²) >= 11 is 1.27. The molecule has 0 amide bonds. The number of hydrogen-bond donors (Lipinski definition) is 1. The van der Waals surface area contributed by atoms with Crippen LogP contribution in [0, 0.1) is 0 Å². The van der Waals surface area contributed by atoms with Crippen LogP contribution in [0.25, 0.3) is 0 Å². The first-order valence-electron chi connectivity index (χ1n) is 5.04. The summed E-state index contributed by atoms with van der Waals surface area (Å²) < 4.78 is 8.37. The number of nitrogens with one attached hydrogen (secondary N) is 1. The highest BCUT2D eigenvalue weighted by Crippen LogP contribution is 2.27. The molecule has 1 aromatic heterocycles. The van der Waals surface area contributed by atoms with E-state index in [0.717, 1.165) is 18.7 Å². The summed E-state index contributed by atoms with van der Waals surface area (Å²) in [4.78, 5) is 0. The van der Waals surface area contributed by atoms with Gasteiger partial charge in [-0.1, -0.05) is 24.3 Å². The van der Waals surface area contributed by atoms with Crippen molar-refractivity contribution in [3.8, 4) is 0 Å². The van der Waals surface area contributed by atoms with Crippen LogP contribution in [0.5, 0.6) is 0 Å². The number of aromatic nitrogens is 2. The van der Waals surface area contributed by atoms with Crippen molar-refractivity contribution in [2.45, 2.75) is 12.5 Å². The quantitative estimate of drug-likeness (QED) is 0.791. The first kappa shape index (κ1) is 9.00. The lowest BCUT2D eigenvalue weighted by atomic mass is 9.93. The zero-order valence-electron chi connectivity index (χ0n) is 8.18. The highest BCUT2D eigenvalue weighted by Gasteiger charge is 2.22. The van der Waals surface area contributed by atoms with E-state index < -0.39 is 0 Å². The van der Waals surface area contributed by atoms with Crippen LogP contribution in [0.2, 0.25) is 0 Å². The van der Waals surface area contributed by atoms with E-state index in [0.29, 0.717) is 0 Å². The SMILES string of the molecule is c1ccc2c(c1)CCNC2c1cnsn1. The second-order valence-electron chi connectivity index (χ2n) is 3.67. The summed E-state index contributed by atoms with van der Waals surface area (Å²) in [5, 5.41) is 3.48. The fraction of sp³-hybridized carbons (Fsp3) is 0.273. The van der Waals surface area contributed by atoms with Gasteiger partial charge in [-0.25, -0.2) is 0 Å². The molecule has 76 valence electrons. The maximum absolute atomic E-state index is 4.31. The molecule has 0 fully saturated rings. The van der Waals surface area contributed by atoms with Gasteiger partial charge in [-0.15, -0.1) is 0 Å². The maximum atomic E-state index is 4.31. The van der Waals surface area contributed by atoms with Gasteiger partial charge in [0.25, 0.3) is 0 Å². The van der Waals surface area contributed by atoms with Crippen LogP contribution in [0.3, 0.4) is 0 Å². The Labute approximate surface area is 92.5 Å². The van der Waals surface area contributed by atoms with Crippen molar-refractivity contribution < 1.29 is 0 Å². The van der Waals surface area contributed by atoms with Crippen LogP contribution in [0.1, 0.15) is 22.9 Å². The van der Waals surface area contributed by atoms with Gasteiger partial charge in [0.05, 0.1) is 29.7 Å². The minimum absolute atomic E-state index is 0.230. The number of rotatable bonds is 1. The third-order valence-corrected chi connectivity index (χ3v) is 3.28. The zero-order chi connectivity index (χ0) is 10.1. The Balaban J connectivity index is 2.06. The molecule has 0 radical (unpaired) electrons. The Bertz CT molecular complexity index is 453. The van der Waals surface area contributed by atoms with Gasteiger partial charge < -0.3 is 5.32 Å². The van der Waals surface area contributed by atoms with E-state index in [-0.39, 0.29) is 6.04 Å². The lowest BCUT2D eigenvalue weighted by molar-refractivity contribution is 0.560. The molecule has 1 aliphatic rings. The second-order valence-corrected chi connectivity index (χ2v) is 4.22. The first-order chi connectivity index (χ1) is 7.45. The monoisotopic (exact) mass is 217 g/mol. The molecule has 0 spiro atoms. The molecule has 15 heavy (non-hydrogen) atoms. The standard InChI is InChI=1S/C11H11N3S/c1-2-4-9-8(3-1)5-6-12-11(9)10-7-13-15-14-10/h1-4,7,11-12H,5-6H2. The molecule has 1 N–H and O–H groups in total. The van der Waals surface area contributed by atoms with Crippen LogP contribution in [-0.2, 0) is 6.42 Å². The topological polar surface area (TPSA) is 37.8 Å². The highest BCUT2D eigenvalue weighted by molar-refractivity contribution is 6.99. The van der Waals surface area contributed by atoms with Gasteiger partial charge >= 0.3 is 0 Å². The van der Waals surface area contributed by atoms with Crippen molar-refractivity contribution in [1.29, 1.82) is 0 Å². The Morgan fingerprint density at radius 3 is 3.13 bits per heavy atom. The minimum atomic E-state index is 0.230. The summed E-state index contributed by atoms with van der Waals surface area (Å²) in [6.07, 6.45) is 2.95. The molecule has 1 unspecified atom stereocenters. The molecule has 0 saturated heterocycles. The Kier molecular flexibility index (Phi) is 2.23. The van der Waals surface area contributed by atoms with Gasteiger partial charge in [0.2, 0.25) is 0 Å². The lowest BCUT2D eigenvalue weighted by Gasteiger charge is -2.25. The smallest absolute Gasteiger partial charge is 0.0957 e. The highest BCUT2D eigenvalue weighted by atomic mass is 32.1. The molecule has 2 heterocycles. The lowest BCUT2D eigenvalue weighted by Crippen LogP contribution is -2.30. The van der Waals surface area contributed by atoms with Crippen LogP contribution < -0.4 is 5.32 Å². The summed E-state index contributed by atoms with van der Waals surface area (Å²) in [6.45, 7) is 1.01. The molecule has 0 aliphatic carbocycles. The van der Waals surface area contributed by atoms with Gasteiger partial charge in [-0.2, -0.15) is 8.75 Å². The van der Waals surface area contributed by atoms with Gasteiger partial charge in [0.15, 0.2) is 0 Å². The van der Waals surface area contributed by atoms with Crippen molar-refractivity contribution in [1.82, 2.24) is 14.1 Å². The summed E-state index contributed by atoms with van der Waals surface area (Å²) in [5.41, 5.74) is 3.80. The van der Waals surface area contributed by atoms with E-state index in [9.17, 15) is 0 Å². The third kappa shape index (κ3) is 1.56. The number of hydrogen-bond acceptors (Lipinski definition) is 4. The van der Waals surface area contributed by atoms with Crippen LogP contribution in [-0.4, -0.2) is 15.3 Å². The number of fused-ring (bicyclic) bond motifs is 1. The van der Waals surface area contributed by atoms with Gasteiger partial charge in [0, 0.05) is 6.54 Å². The van der Waals surface area contributed by atoms with Crippen LogP contribution in [0.15, 0.2) is 30.5 Å². The molecule has 2 aromatic rings. The van der Waals surface area contributed by atoms with E-state index in [2.05, 4.69) is 38.3 Å². The largest absolute Gasteiger partial charge is 0.305 e. The molecule has 1 aromatic carbocycles. The van der Waals surface area contributed by atoms with E-state index in [1.807, 2.05) is 6.20 Å². The second kappa shape index (κ2) is 3.72. The number of nitrogens with zero attached hydrogens (tertiary/aromatic N) is 2. The van der Waals surface area contributed by atoms with Gasteiger partial charge in [-0.05, 0) is 17.5 Å². The summed E-state index contributed by atoms with van der Waals surface area (Å²) in [7, 11) is 0. The molecule has 0 bridgehead atoms. The molecule has 3 rings (SSSR count). The molecule has 1 atom stereocenters. The van der Waals surface area contributed by atoms with Crippen molar-refractivity contribution >= 4 is 11.7 Å². The molecule has 4 heteroatoms. The Hall–Kier alpha value is -1.26. The van der Waals surface area contributed by atoms with Crippen molar-refractivity contribution in [2.75, 3.05) is 6.54 Å². The molecule has 1 aliphatic heterocycles. The predicted molar refractivity (Wildman–Crippen MR) is 59.9 cm³/mol. The van der Waals surface area contributed by atoms with Crippen LogP contribution in [0.4, 0.5) is 0 Å². The van der Waals surface area contributed by atoms with E-state index in [4.69, 9.17) is 0 Å².